The van der Waals surface area contributed by atoms with Crippen LogP contribution < -0.4 is 11.1 Å². The summed E-state index contributed by atoms with van der Waals surface area (Å²) in [6, 6.07) is 5.67. The van der Waals surface area contributed by atoms with Crippen LogP contribution in [0.25, 0.3) is 10.2 Å². The van der Waals surface area contributed by atoms with Gasteiger partial charge in [-0.15, -0.1) is 11.3 Å². The maximum atomic E-state index is 12.3. The molecule has 6 heteroatoms. The Morgan fingerprint density at radius 2 is 2.30 bits per heavy atom. The lowest BCUT2D eigenvalue weighted by molar-refractivity contribution is 0.0945. The lowest BCUT2D eigenvalue weighted by Gasteiger charge is -2.11. The first kappa shape index (κ1) is 13.1. The molecular weight excluding hydrogens is 290 g/mol. The zero-order valence-corrected chi connectivity index (χ0v) is 12.4. The highest BCUT2D eigenvalue weighted by Crippen LogP contribution is 2.32. The van der Waals surface area contributed by atoms with Crippen LogP contribution >= 0.6 is 22.7 Å². The summed E-state index contributed by atoms with van der Waals surface area (Å²) in [4.78, 5) is 17.9. The second kappa shape index (κ2) is 5.22. The first-order valence-electron chi connectivity index (χ1n) is 6.12. The molecule has 3 heterocycles. The maximum Gasteiger partial charge on any atom is 0.264 e. The molecule has 0 aliphatic heterocycles. The van der Waals surface area contributed by atoms with Crippen molar-refractivity contribution in [1.29, 1.82) is 0 Å². The van der Waals surface area contributed by atoms with E-state index in [0.717, 1.165) is 15.8 Å². The number of amides is 1. The summed E-state index contributed by atoms with van der Waals surface area (Å²) >= 11 is 2.94. The van der Waals surface area contributed by atoms with E-state index in [-0.39, 0.29) is 11.9 Å². The van der Waals surface area contributed by atoms with Crippen LogP contribution in [0.3, 0.4) is 0 Å². The number of fused-ring (bicyclic) bond motifs is 1. The largest absolute Gasteiger partial charge is 0.397 e. The smallest absolute Gasteiger partial charge is 0.264 e. The van der Waals surface area contributed by atoms with Crippen molar-refractivity contribution in [3.8, 4) is 0 Å². The summed E-state index contributed by atoms with van der Waals surface area (Å²) in [6.45, 7) is 1.96. The normalized spacial score (nSPS) is 12.4. The molecular formula is C14H13N3OS2. The molecule has 0 spiro atoms. The molecule has 1 unspecified atom stereocenters. The van der Waals surface area contributed by atoms with E-state index in [9.17, 15) is 4.79 Å². The van der Waals surface area contributed by atoms with E-state index in [0.29, 0.717) is 10.6 Å². The van der Waals surface area contributed by atoms with E-state index in [1.54, 1.807) is 17.5 Å². The molecule has 0 bridgehead atoms. The van der Waals surface area contributed by atoms with Crippen molar-refractivity contribution >= 4 is 44.5 Å². The van der Waals surface area contributed by atoms with Crippen molar-refractivity contribution < 1.29 is 4.79 Å². The van der Waals surface area contributed by atoms with Gasteiger partial charge in [-0.25, -0.2) is 4.98 Å². The van der Waals surface area contributed by atoms with Gasteiger partial charge in [0.05, 0.1) is 11.7 Å². The Kier molecular flexibility index (Phi) is 3.42. The number of nitrogens with two attached hydrogens (primary N) is 1. The van der Waals surface area contributed by atoms with Crippen LogP contribution in [-0.4, -0.2) is 10.9 Å². The summed E-state index contributed by atoms with van der Waals surface area (Å²) in [5.74, 6) is -0.149. The molecule has 0 aliphatic rings. The Morgan fingerprint density at radius 1 is 1.45 bits per heavy atom. The predicted molar refractivity (Wildman–Crippen MR) is 84.2 cm³/mol. The van der Waals surface area contributed by atoms with Gasteiger partial charge in [-0.3, -0.25) is 4.79 Å². The van der Waals surface area contributed by atoms with Crippen molar-refractivity contribution in [2.24, 2.45) is 0 Å². The van der Waals surface area contributed by atoms with E-state index in [2.05, 4.69) is 10.3 Å². The number of anilines is 1. The summed E-state index contributed by atoms with van der Waals surface area (Å²) in [7, 11) is 0. The Labute approximate surface area is 124 Å². The van der Waals surface area contributed by atoms with E-state index in [4.69, 9.17) is 5.73 Å². The minimum Gasteiger partial charge on any atom is -0.397 e. The third-order valence-corrected chi connectivity index (χ3v) is 4.93. The minimum absolute atomic E-state index is 0.0358. The quantitative estimate of drug-likeness (QED) is 0.779. The summed E-state index contributed by atoms with van der Waals surface area (Å²) in [5.41, 5.74) is 7.65. The number of nitrogen functional groups attached to an aromatic ring is 1. The molecule has 3 aromatic rings. The number of rotatable bonds is 3. The average molecular weight is 303 g/mol. The average Bonchev–Trinajstić information content (AvgIpc) is 3.07. The molecule has 1 atom stereocenters. The number of hydrogen-bond acceptors (Lipinski definition) is 5. The zero-order valence-electron chi connectivity index (χ0n) is 10.8. The highest BCUT2D eigenvalue weighted by molar-refractivity contribution is 7.21. The molecule has 0 fully saturated rings. The Balaban J connectivity index is 1.87. The van der Waals surface area contributed by atoms with Crippen molar-refractivity contribution in [3.05, 3.63) is 45.6 Å². The van der Waals surface area contributed by atoms with Gasteiger partial charge in [0.1, 0.15) is 9.71 Å². The molecule has 0 radical (unpaired) electrons. The van der Waals surface area contributed by atoms with Crippen LogP contribution in [0, 0.1) is 0 Å². The number of thiophene rings is 2. The van der Waals surface area contributed by atoms with Gasteiger partial charge in [0.15, 0.2) is 0 Å². The number of pyridine rings is 1. The van der Waals surface area contributed by atoms with Crippen molar-refractivity contribution in [2.45, 2.75) is 13.0 Å². The highest BCUT2D eigenvalue weighted by atomic mass is 32.1. The fourth-order valence-electron chi connectivity index (χ4n) is 1.99. The monoisotopic (exact) mass is 303 g/mol. The van der Waals surface area contributed by atoms with Gasteiger partial charge in [0.25, 0.3) is 5.91 Å². The van der Waals surface area contributed by atoms with Crippen molar-refractivity contribution in [1.82, 2.24) is 10.3 Å². The fraction of sp³-hybridized carbons (Fsp3) is 0.143. The molecule has 0 aromatic carbocycles. The Morgan fingerprint density at radius 3 is 3.00 bits per heavy atom. The van der Waals surface area contributed by atoms with Gasteiger partial charge in [0.2, 0.25) is 0 Å². The summed E-state index contributed by atoms with van der Waals surface area (Å²) in [5, 5.41) is 7.83. The topological polar surface area (TPSA) is 68.0 Å². The molecule has 3 rings (SSSR count). The van der Waals surface area contributed by atoms with Crippen LogP contribution in [0.2, 0.25) is 0 Å². The number of hydrogen-bond donors (Lipinski definition) is 2. The third-order valence-electron chi connectivity index (χ3n) is 3.10. The summed E-state index contributed by atoms with van der Waals surface area (Å²) < 4.78 is 0. The Bertz CT molecular complexity index is 749. The first-order chi connectivity index (χ1) is 9.66. The van der Waals surface area contributed by atoms with Crippen LogP contribution in [-0.2, 0) is 0 Å². The predicted octanol–water partition coefficient (Wildman–Crippen LogP) is 3.43. The molecule has 3 aromatic heterocycles. The standard InChI is InChI=1S/C14H13N3OS2/c1-8(9-4-6-19-7-9)17-13(18)12-11(15)10-3-2-5-16-14(10)20-12/h2-8H,15H2,1H3,(H,17,18). The number of nitrogens with zero attached hydrogens (tertiary/aromatic N) is 1. The number of nitrogens with one attached hydrogen (secondary N) is 1. The lowest BCUT2D eigenvalue weighted by atomic mass is 10.2. The SMILES string of the molecule is CC(NC(=O)c1sc2ncccc2c1N)c1ccsc1. The number of carbonyl (C=O) groups excluding carboxylic acids is 1. The second-order valence-corrected chi connectivity index (χ2v) is 6.23. The molecule has 102 valence electrons. The zero-order chi connectivity index (χ0) is 14.1. The fourth-order valence-corrected chi connectivity index (χ4v) is 3.71. The van der Waals surface area contributed by atoms with Gasteiger partial charge in [0, 0.05) is 11.6 Å². The van der Waals surface area contributed by atoms with Crippen LogP contribution in [0.5, 0.6) is 0 Å². The molecule has 3 N–H and O–H groups in total. The lowest BCUT2D eigenvalue weighted by Crippen LogP contribution is -2.26. The molecule has 0 aliphatic carbocycles. The van der Waals surface area contributed by atoms with Crippen LogP contribution in [0.15, 0.2) is 35.2 Å². The molecule has 0 saturated carbocycles. The van der Waals surface area contributed by atoms with Gasteiger partial charge >= 0.3 is 0 Å². The van der Waals surface area contributed by atoms with Crippen molar-refractivity contribution in [2.75, 3.05) is 5.73 Å². The van der Waals surface area contributed by atoms with Gasteiger partial charge in [-0.05, 0) is 41.4 Å². The van der Waals surface area contributed by atoms with Gasteiger partial charge in [-0.2, -0.15) is 11.3 Å². The van der Waals surface area contributed by atoms with E-state index < -0.39 is 0 Å². The summed E-state index contributed by atoms with van der Waals surface area (Å²) in [6.07, 6.45) is 1.70. The third kappa shape index (κ3) is 2.28. The van der Waals surface area contributed by atoms with Gasteiger partial charge < -0.3 is 11.1 Å². The first-order valence-corrected chi connectivity index (χ1v) is 7.88. The molecule has 1 amide bonds. The maximum absolute atomic E-state index is 12.3. The highest BCUT2D eigenvalue weighted by Gasteiger charge is 2.19. The number of aromatic nitrogens is 1. The van der Waals surface area contributed by atoms with Gasteiger partial charge in [-0.1, -0.05) is 0 Å². The minimum atomic E-state index is -0.149. The van der Waals surface area contributed by atoms with Crippen molar-refractivity contribution in [3.63, 3.8) is 0 Å². The van der Waals surface area contributed by atoms with Crippen LogP contribution in [0.4, 0.5) is 5.69 Å². The van der Waals surface area contributed by atoms with Crippen LogP contribution in [0.1, 0.15) is 28.2 Å². The molecule has 0 saturated heterocycles. The van der Waals surface area contributed by atoms with E-state index >= 15 is 0 Å². The second-order valence-electron chi connectivity index (χ2n) is 4.45. The van der Waals surface area contributed by atoms with E-state index in [1.807, 2.05) is 35.9 Å². The van der Waals surface area contributed by atoms with E-state index in [1.165, 1.54) is 11.3 Å². The number of carbonyl (C=O) groups is 1. The Hall–Kier alpha value is -1.92. The molecule has 20 heavy (non-hydrogen) atoms. The molecule has 4 nitrogen and oxygen atoms in total.